The van der Waals surface area contributed by atoms with Crippen LogP contribution in [0.2, 0.25) is 0 Å². The summed E-state index contributed by atoms with van der Waals surface area (Å²) < 4.78 is 11.8. The van der Waals surface area contributed by atoms with Gasteiger partial charge in [0.15, 0.2) is 0 Å². The molecule has 2 N–H and O–H groups in total. The summed E-state index contributed by atoms with van der Waals surface area (Å²) in [6, 6.07) is 3.80. The first-order valence-corrected chi connectivity index (χ1v) is 12.5. The Bertz CT molecular complexity index is 790. The summed E-state index contributed by atoms with van der Waals surface area (Å²) in [7, 11) is 1.78. The second-order valence-corrected chi connectivity index (χ2v) is 10.7. The van der Waals surface area contributed by atoms with Crippen molar-refractivity contribution in [1.29, 1.82) is 0 Å². The summed E-state index contributed by atoms with van der Waals surface area (Å²) in [5.41, 5.74) is 8.34. The van der Waals surface area contributed by atoms with Crippen molar-refractivity contribution in [1.82, 2.24) is 25.7 Å². The topological polar surface area (TPSA) is 74.8 Å². The van der Waals surface area contributed by atoms with E-state index in [1.54, 1.807) is 13.4 Å². The van der Waals surface area contributed by atoms with Gasteiger partial charge in [0, 0.05) is 56.9 Å². The summed E-state index contributed by atoms with van der Waals surface area (Å²) in [6.07, 6.45) is 7.94. The van der Waals surface area contributed by atoms with Gasteiger partial charge in [-0.2, -0.15) is 0 Å². The lowest BCUT2D eigenvalue weighted by Gasteiger charge is -2.43. The minimum Gasteiger partial charge on any atom is -0.383 e. The Balaban J connectivity index is 1.25. The lowest BCUT2D eigenvalue weighted by atomic mass is 9.79. The summed E-state index contributed by atoms with van der Waals surface area (Å²) in [5.74, 6) is 1.55. The molecule has 6 atom stereocenters. The van der Waals surface area contributed by atoms with Crippen molar-refractivity contribution in [3.8, 4) is 0 Å². The highest BCUT2D eigenvalue weighted by Gasteiger charge is 2.46. The normalized spacial score (nSPS) is 35.5. The molecule has 2 saturated carbocycles. The number of anilines is 1. The molecule has 0 radical (unpaired) electrons. The van der Waals surface area contributed by atoms with Crippen molar-refractivity contribution in [2.45, 2.75) is 88.7 Å². The zero-order valence-electron chi connectivity index (χ0n) is 20.1. The van der Waals surface area contributed by atoms with Crippen LogP contribution in [-0.4, -0.2) is 78.0 Å². The summed E-state index contributed by atoms with van der Waals surface area (Å²) in [6.45, 7) is 10.6. The van der Waals surface area contributed by atoms with Crippen LogP contribution in [0, 0.1) is 5.92 Å². The molecule has 2 saturated heterocycles. The van der Waals surface area contributed by atoms with E-state index in [1.165, 1.54) is 12.8 Å². The standard InChI is InChI=1S/C24H40N6O2/c1-16-13-29(9-10-30(16)17(2)14-31-4)22-12-21(25-15-26-22)23-19-11-18(32-24(3)7-8-24)5-6-20(19)27-28-23/h12,15-20,23,27-28H,5-11,13-14H2,1-4H3/t16-,17?,18?,19?,20?,23?/m0/s1. The maximum Gasteiger partial charge on any atom is 0.132 e. The molecular weight excluding hydrogens is 404 g/mol. The minimum atomic E-state index is 0.147. The number of rotatable bonds is 7. The molecule has 0 aromatic carbocycles. The number of nitrogens with zero attached hydrogens (tertiary/aromatic N) is 4. The van der Waals surface area contributed by atoms with Crippen molar-refractivity contribution >= 4 is 5.82 Å². The molecular formula is C24H40N6O2. The van der Waals surface area contributed by atoms with Crippen LogP contribution in [0.4, 0.5) is 5.82 Å². The van der Waals surface area contributed by atoms with Crippen LogP contribution in [0.25, 0.3) is 0 Å². The van der Waals surface area contributed by atoms with Gasteiger partial charge in [-0.3, -0.25) is 10.3 Å². The van der Waals surface area contributed by atoms with Crippen molar-refractivity contribution in [2.75, 3.05) is 38.3 Å². The Labute approximate surface area is 192 Å². The molecule has 0 spiro atoms. The van der Waals surface area contributed by atoms with Gasteiger partial charge in [-0.25, -0.2) is 15.4 Å². The van der Waals surface area contributed by atoms with Crippen molar-refractivity contribution in [2.24, 2.45) is 5.92 Å². The van der Waals surface area contributed by atoms with E-state index in [0.717, 1.165) is 57.0 Å². The van der Waals surface area contributed by atoms with E-state index in [4.69, 9.17) is 14.5 Å². The van der Waals surface area contributed by atoms with Crippen LogP contribution in [-0.2, 0) is 9.47 Å². The molecule has 3 heterocycles. The fourth-order valence-electron chi connectivity index (χ4n) is 5.99. The molecule has 1 aromatic rings. The van der Waals surface area contributed by atoms with Crippen LogP contribution in [0.15, 0.2) is 12.4 Å². The number of ether oxygens (including phenoxy) is 2. The maximum absolute atomic E-state index is 6.45. The van der Waals surface area contributed by atoms with Crippen LogP contribution < -0.4 is 15.8 Å². The second-order valence-electron chi connectivity index (χ2n) is 10.7. The number of aromatic nitrogens is 2. The molecule has 0 amide bonds. The van der Waals surface area contributed by atoms with Gasteiger partial charge in [-0.1, -0.05) is 0 Å². The Morgan fingerprint density at radius 1 is 1.22 bits per heavy atom. The van der Waals surface area contributed by atoms with E-state index >= 15 is 0 Å². The first-order chi connectivity index (χ1) is 15.5. The van der Waals surface area contributed by atoms with E-state index in [9.17, 15) is 0 Å². The summed E-state index contributed by atoms with van der Waals surface area (Å²) >= 11 is 0. The van der Waals surface area contributed by atoms with Gasteiger partial charge in [-0.15, -0.1) is 0 Å². The highest BCUT2D eigenvalue weighted by Crippen LogP contribution is 2.45. The fraction of sp³-hybridized carbons (Fsp3) is 0.833. The number of fused-ring (bicyclic) bond motifs is 1. The minimum absolute atomic E-state index is 0.147. The molecule has 4 aliphatic rings. The van der Waals surface area contributed by atoms with Gasteiger partial charge < -0.3 is 14.4 Å². The molecule has 2 aliphatic carbocycles. The molecule has 32 heavy (non-hydrogen) atoms. The number of methoxy groups -OCH3 is 1. The Morgan fingerprint density at radius 2 is 2.06 bits per heavy atom. The SMILES string of the molecule is COCC(C)N1CCN(c2cc(C3NNC4CCC(OC5(C)CC5)CC43)ncn2)C[C@@H]1C. The van der Waals surface area contributed by atoms with Crippen LogP contribution >= 0.6 is 0 Å². The number of hydrazine groups is 1. The molecule has 2 aliphatic heterocycles. The molecule has 4 fully saturated rings. The second kappa shape index (κ2) is 9.14. The van der Waals surface area contributed by atoms with Crippen molar-refractivity contribution in [3.05, 3.63) is 18.1 Å². The Kier molecular flexibility index (Phi) is 6.42. The van der Waals surface area contributed by atoms with E-state index < -0.39 is 0 Å². The first kappa shape index (κ1) is 22.5. The molecule has 8 nitrogen and oxygen atoms in total. The zero-order valence-corrected chi connectivity index (χ0v) is 20.1. The van der Waals surface area contributed by atoms with Gasteiger partial charge in [0.2, 0.25) is 0 Å². The van der Waals surface area contributed by atoms with Crippen LogP contribution in [0.3, 0.4) is 0 Å². The van der Waals surface area contributed by atoms with Gasteiger partial charge in [-0.05, 0) is 52.9 Å². The fourth-order valence-corrected chi connectivity index (χ4v) is 5.99. The number of nitrogens with one attached hydrogen (secondary N) is 2. The third-order valence-electron chi connectivity index (χ3n) is 8.08. The summed E-state index contributed by atoms with van der Waals surface area (Å²) in [4.78, 5) is 14.3. The lowest BCUT2D eigenvalue weighted by molar-refractivity contribution is -0.0500. The van der Waals surface area contributed by atoms with Crippen LogP contribution in [0.1, 0.15) is 64.6 Å². The monoisotopic (exact) mass is 444 g/mol. The van der Waals surface area contributed by atoms with E-state index in [2.05, 4.69) is 52.5 Å². The van der Waals surface area contributed by atoms with Gasteiger partial charge in [0.25, 0.3) is 0 Å². The third kappa shape index (κ3) is 4.66. The predicted molar refractivity (Wildman–Crippen MR) is 124 cm³/mol. The molecule has 0 bridgehead atoms. The van der Waals surface area contributed by atoms with Gasteiger partial charge in [0.05, 0.1) is 30.0 Å². The highest BCUT2D eigenvalue weighted by atomic mass is 16.5. The molecule has 1 aromatic heterocycles. The molecule has 5 unspecified atom stereocenters. The zero-order chi connectivity index (χ0) is 22.3. The van der Waals surface area contributed by atoms with E-state index in [-0.39, 0.29) is 11.6 Å². The number of hydrogen-bond acceptors (Lipinski definition) is 8. The largest absolute Gasteiger partial charge is 0.383 e. The van der Waals surface area contributed by atoms with Gasteiger partial charge in [0.1, 0.15) is 12.1 Å². The average Bonchev–Trinajstić information content (AvgIpc) is 3.36. The first-order valence-electron chi connectivity index (χ1n) is 12.5. The van der Waals surface area contributed by atoms with E-state index in [1.807, 2.05) is 0 Å². The van der Waals surface area contributed by atoms with Crippen molar-refractivity contribution in [3.63, 3.8) is 0 Å². The Morgan fingerprint density at radius 3 is 2.81 bits per heavy atom. The quantitative estimate of drug-likeness (QED) is 0.664. The maximum atomic E-state index is 6.45. The average molecular weight is 445 g/mol. The van der Waals surface area contributed by atoms with E-state index in [0.29, 0.717) is 30.1 Å². The molecule has 178 valence electrons. The molecule has 8 heteroatoms. The highest BCUT2D eigenvalue weighted by molar-refractivity contribution is 5.41. The van der Waals surface area contributed by atoms with Crippen molar-refractivity contribution < 1.29 is 9.47 Å². The smallest absolute Gasteiger partial charge is 0.132 e. The third-order valence-corrected chi connectivity index (χ3v) is 8.08. The van der Waals surface area contributed by atoms with Crippen LogP contribution in [0.5, 0.6) is 0 Å². The number of hydrogen-bond donors (Lipinski definition) is 2. The Hall–Kier alpha value is -1.32. The lowest BCUT2D eigenvalue weighted by Crippen LogP contribution is -2.56. The van der Waals surface area contributed by atoms with Gasteiger partial charge >= 0.3 is 0 Å². The summed E-state index contributed by atoms with van der Waals surface area (Å²) in [5, 5.41) is 0. The predicted octanol–water partition coefficient (Wildman–Crippen LogP) is 2.28. The number of piperazine rings is 1. The molecule has 5 rings (SSSR count).